The molecule has 0 spiro atoms. The van der Waals surface area contributed by atoms with Crippen LogP contribution in [0.4, 0.5) is 0 Å². The van der Waals surface area contributed by atoms with Crippen molar-refractivity contribution in [2.24, 2.45) is 5.92 Å². The van der Waals surface area contributed by atoms with Crippen LogP contribution in [0.15, 0.2) is 0 Å². The third-order valence-electron chi connectivity index (χ3n) is 2.76. The second-order valence-corrected chi connectivity index (χ2v) is 4.38. The number of hydrogen-bond acceptors (Lipinski definition) is 2. The van der Waals surface area contributed by atoms with Gasteiger partial charge in [0, 0.05) is 19.0 Å². The molecule has 0 atom stereocenters. The summed E-state index contributed by atoms with van der Waals surface area (Å²) in [5.41, 5.74) is 0. The average molecular weight is 212 g/mol. The summed E-state index contributed by atoms with van der Waals surface area (Å²) < 4.78 is 0. The first kappa shape index (κ1) is 12.5. The molecule has 0 radical (unpaired) electrons. The molecule has 1 aliphatic carbocycles. The highest BCUT2D eigenvalue weighted by Crippen LogP contribution is 2.28. The maximum absolute atomic E-state index is 11.2. The van der Waals surface area contributed by atoms with Crippen molar-refractivity contribution in [3.8, 4) is 0 Å². The van der Waals surface area contributed by atoms with Crippen LogP contribution in [0.2, 0.25) is 0 Å². The fourth-order valence-electron chi connectivity index (χ4n) is 1.57. The molecule has 1 fully saturated rings. The van der Waals surface area contributed by atoms with Gasteiger partial charge < -0.3 is 10.6 Å². The molecule has 3 nitrogen and oxygen atoms in total. The minimum Gasteiger partial charge on any atom is -0.355 e. The van der Waals surface area contributed by atoms with E-state index in [1.165, 1.54) is 25.7 Å². The van der Waals surface area contributed by atoms with Gasteiger partial charge in [0.2, 0.25) is 5.91 Å². The van der Waals surface area contributed by atoms with Crippen LogP contribution >= 0.6 is 0 Å². The lowest BCUT2D eigenvalue weighted by atomic mass is 10.2. The minimum absolute atomic E-state index is 0.253. The van der Waals surface area contributed by atoms with Gasteiger partial charge in [0.1, 0.15) is 0 Å². The van der Waals surface area contributed by atoms with Crippen LogP contribution in [0.1, 0.15) is 45.4 Å². The average Bonchev–Trinajstić information content (AvgIpc) is 3.05. The highest BCUT2D eigenvalue weighted by Gasteiger charge is 2.28. The number of hydrogen-bond donors (Lipinski definition) is 2. The molecular weight excluding hydrogens is 188 g/mol. The van der Waals surface area contributed by atoms with Gasteiger partial charge in [-0.25, -0.2) is 0 Å². The molecule has 1 saturated carbocycles. The Bertz CT molecular complexity index is 178. The van der Waals surface area contributed by atoms with E-state index in [0.29, 0.717) is 5.92 Å². The molecular formula is C12H24N2O. The molecule has 0 aromatic rings. The summed E-state index contributed by atoms with van der Waals surface area (Å²) in [5.74, 6) is 0.595. The summed E-state index contributed by atoms with van der Waals surface area (Å²) >= 11 is 0. The van der Waals surface area contributed by atoms with Crippen LogP contribution in [0.25, 0.3) is 0 Å². The zero-order valence-corrected chi connectivity index (χ0v) is 9.85. The fraction of sp³-hybridized carbons (Fsp3) is 0.917. The third-order valence-corrected chi connectivity index (χ3v) is 2.76. The fourth-order valence-corrected chi connectivity index (χ4v) is 1.57. The van der Waals surface area contributed by atoms with Crippen LogP contribution < -0.4 is 10.6 Å². The summed E-state index contributed by atoms with van der Waals surface area (Å²) in [4.78, 5) is 11.2. The van der Waals surface area contributed by atoms with E-state index >= 15 is 0 Å². The number of amides is 1. The van der Waals surface area contributed by atoms with E-state index in [-0.39, 0.29) is 5.91 Å². The first-order chi connectivity index (χ1) is 7.34. The Morgan fingerprint density at radius 2 is 1.93 bits per heavy atom. The highest BCUT2D eigenvalue weighted by atomic mass is 16.2. The normalized spacial score (nSPS) is 15.3. The summed E-state index contributed by atoms with van der Waals surface area (Å²) in [6.07, 6.45) is 7.38. The number of carbonyl (C=O) groups excluding carboxylic acids is 1. The lowest BCUT2D eigenvalue weighted by Crippen LogP contribution is -2.33. The Morgan fingerprint density at radius 1 is 1.13 bits per heavy atom. The van der Waals surface area contributed by atoms with Crippen LogP contribution in [0, 0.1) is 5.92 Å². The van der Waals surface area contributed by atoms with Gasteiger partial charge in [-0.1, -0.05) is 26.2 Å². The lowest BCUT2D eigenvalue weighted by molar-refractivity contribution is -0.122. The predicted octanol–water partition coefficient (Wildman–Crippen LogP) is 1.68. The summed E-state index contributed by atoms with van der Waals surface area (Å²) in [5, 5.41) is 6.29. The molecule has 88 valence electrons. The van der Waals surface area contributed by atoms with E-state index in [1.807, 2.05) is 0 Å². The van der Waals surface area contributed by atoms with Gasteiger partial charge in [-0.2, -0.15) is 0 Å². The Morgan fingerprint density at radius 3 is 2.60 bits per heavy atom. The number of rotatable bonds is 9. The van der Waals surface area contributed by atoms with Crippen LogP contribution in [-0.4, -0.2) is 25.5 Å². The molecule has 1 aliphatic rings. The summed E-state index contributed by atoms with van der Waals surface area (Å²) in [7, 11) is 0. The van der Waals surface area contributed by atoms with Crippen molar-refractivity contribution >= 4 is 5.91 Å². The maximum Gasteiger partial charge on any atom is 0.223 e. The maximum atomic E-state index is 11.2. The van der Waals surface area contributed by atoms with E-state index in [4.69, 9.17) is 0 Å². The molecule has 1 amide bonds. The quantitative estimate of drug-likeness (QED) is 0.571. The molecule has 15 heavy (non-hydrogen) atoms. The molecule has 0 bridgehead atoms. The van der Waals surface area contributed by atoms with Crippen LogP contribution in [-0.2, 0) is 4.79 Å². The Kier molecular flexibility index (Phi) is 6.41. The highest BCUT2D eigenvalue weighted by molar-refractivity contribution is 5.80. The molecule has 0 aromatic carbocycles. The van der Waals surface area contributed by atoms with E-state index in [0.717, 1.165) is 32.5 Å². The third kappa shape index (κ3) is 6.50. The Balaban J connectivity index is 1.74. The van der Waals surface area contributed by atoms with E-state index < -0.39 is 0 Å². The summed E-state index contributed by atoms with van der Waals surface area (Å²) in [6.45, 7) is 4.99. The second-order valence-electron chi connectivity index (χ2n) is 4.38. The topological polar surface area (TPSA) is 41.1 Å². The van der Waals surface area contributed by atoms with Gasteiger partial charge in [0.05, 0.1) is 0 Å². The van der Waals surface area contributed by atoms with Crippen LogP contribution in [0.5, 0.6) is 0 Å². The first-order valence-corrected chi connectivity index (χ1v) is 6.33. The second kappa shape index (κ2) is 7.69. The van der Waals surface area contributed by atoms with Gasteiger partial charge in [0.15, 0.2) is 0 Å². The molecule has 1 rings (SSSR count). The molecule has 0 aromatic heterocycles. The van der Waals surface area contributed by atoms with Crippen molar-refractivity contribution in [2.75, 3.05) is 19.6 Å². The predicted molar refractivity (Wildman–Crippen MR) is 62.7 cm³/mol. The Labute approximate surface area is 93.0 Å². The summed E-state index contributed by atoms with van der Waals surface area (Å²) in [6, 6.07) is 0. The van der Waals surface area contributed by atoms with Crippen molar-refractivity contribution in [1.29, 1.82) is 0 Å². The van der Waals surface area contributed by atoms with Gasteiger partial charge in [0.25, 0.3) is 0 Å². The van der Waals surface area contributed by atoms with Crippen molar-refractivity contribution in [2.45, 2.75) is 45.4 Å². The number of unbranched alkanes of at least 4 members (excludes halogenated alkanes) is 3. The van der Waals surface area contributed by atoms with Gasteiger partial charge in [-0.05, 0) is 25.8 Å². The van der Waals surface area contributed by atoms with Gasteiger partial charge in [-0.3, -0.25) is 4.79 Å². The lowest BCUT2D eigenvalue weighted by Gasteiger charge is -2.05. The van der Waals surface area contributed by atoms with Gasteiger partial charge in [-0.15, -0.1) is 0 Å². The molecule has 0 saturated heterocycles. The zero-order valence-electron chi connectivity index (χ0n) is 9.85. The van der Waals surface area contributed by atoms with Crippen molar-refractivity contribution in [3.63, 3.8) is 0 Å². The molecule has 0 unspecified atom stereocenters. The van der Waals surface area contributed by atoms with E-state index in [9.17, 15) is 4.79 Å². The first-order valence-electron chi connectivity index (χ1n) is 6.33. The van der Waals surface area contributed by atoms with Crippen LogP contribution in [0.3, 0.4) is 0 Å². The van der Waals surface area contributed by atoms with E-state index in [2.05, 4.69) is 17.6 Å². The standard InChI is InChI=1S/C12H24N2O/c1-2-3-4-5-8-13-9-10-14-12(15)11-6-7-11/h11,13H,2-10H2,1H3,(H,14,15). The molecule has 2 N–H and O–H groups in total. The van der Waals surface area contributed by atoms with E-state index in [1.54, 1.807) is 0 Å². The zero-order chi connectivity index (χ0) is 10.9. The molecule has 0 heterocycles. The molecule has 0 aliphatic heterocycles. The van der Waals surface area contributed by atoms with Crippen molar-refractivity contribution < 1.29 is 4.79 Å². The van der Waals surface area contributed by atoms with Crippen molar-refractivity contribution in [3.05, 3.63) is 0 Å². The van der Waals surface area contributed by atoms with Crippen molar-refractivity contribution in [1.82, 2.24) is 10.6 Å². The smallest absolute Gasteiger partial charge is 0.223 e. The molecule has 3 heteroatoms. The monoisotopic (exact) mass is 212 g/mol. The number of carbonyl (C=O) groups is 1. The largest absolute Gasteiger partial charge is 0.355 e. The Hall–Kier alpha value is -0.570. The number of nitrogens with one attached hydrogen (secondary N) is 2. The van der Waals surface area contributed by atoms with Gasteiger partial charge >= 0.3 is 0 Å². The minimum atomic E-state index is 0.253. The SMILES string of the molecule is CCCCCCNCCNC(=O)C1CC1.